The Bertz CT molecular complexity index is 407. The first-order chi connectivity index (χ1) is 8.28. The minimum Gasteiger partial charge on any atom is -0.478 e. The molecule has 0 fully saturated rings. The van der Waals surface area contributed by atoms with Crippen molar-refractivity contribution in [1.29, 1.82) is 0 Å². The van der Waals surface area contributed by atoms with Crippen LogP contribution in [0.2, 0.25) is 0 Å². The molecule has 0 unspecified atom stereocenters. The van der Waals surface area contributed by atoms with Gasteiger partial charge in [0.1, 0.15) is 0 Å². The van der Waals surface area contributed by atoms with Crippen molar-refractivity contribution in [1.82, 2.24) is 4.90 Å². The molecular weight excluding hydrogens is 226 g/mol. The number of rotatable bonds is 5. The standard InChI is InChI=1S/C15H23NO2/c1-15(2,3)8-9-16(4)11-12-6-5-7-13(10-12)14(17)18/h5-7,10H,8-9,11H2,1-4H3,(H,17,18). The molecule has 3 heteroatoms. The fourth-order valence-electron chi connectivity index (χ4n) is 1.72. The summed E-state index contributed by atoms with van der Waals surface area (Å²) in [5, 5.41) is 8.94. The highest BCUT2D eigenvalue weighted by Crippen LogP contribution is 2.19. The van der Waals surface area contributed by atoms with Gasteiger partial charge in [0.05, 0.1) is 5.56 Å². The molecule has 0 aliphatic heterocycles. The number of carboxylic acid groups (broad SMARTS) is 1. The second-order valence-corrected chi connectivity index (χ2v) is 6.05. The van der Waals surface area contributed by atoms with Crippen LogP contribution in [0.1, 0.15) is 43.1 Å². The maximum absolute atomic E-state index is 10.9. The Labute approximate surface area is 109 Å². The molecule has 1 aromatic carbocycles. The third-order valence-electron chi connectivity index (χ3n) is 2.87. The summed E-state index contributed by atoms with van der Waals surface area (Å²) >= 11 is 0. The first kappa shape index (κ1) is 14.7. The van der Waals surface area contributed by atoms with Crippen molar-refractivity contribution in [3.8, 4) is 0 Å². The Kier molecular flexibility index (Phi) is 4.91. The first-order valence-electron chi connectivity index (χ1n) is 6.29. The fraction of sp³-hybridized carbons (Fsp3) is 0.533. The van der Waals surface area contributed by atoms with E-state index in [1.807, 2.05) is 6.07 Å². The zero-order chi connectivity index (χ0) is 13.8. The van der Waals surface area contributed by atoms with Gasteiger partial charge < -0.3 is 10.0 Å². The van der Waals surface area contributed by atoms with Gasteiger partial charge in [-0.1, -0.05) is 32.9 Å². The summed E-state index contributed by atoms with van der Waals surface area (Å²) < 4.78 is 0. The molecule has 0 spiro atoms. The molecule has 100 valence electrons. The van der Waals surface area contributed by atoms with E-state index in [0.717, 1.165) is 25.1 Å². The van der Waals surface area contributed by atoms with Gasteiger partial charge >= 0.3 is 5.97 Å². The van der Waals surface area contributed by atoms with Gasteiger partial charge in [-0.2, -0.15) is 0 Å². The molecule has 0 atom stereocenters. The molecule has 0 aliphatic rings. The number of nitrogens with zero attached hydrogens (tertiary/aromatic N) is 1. The number of hydrogen-bond donors (Lipinski definition) is 1. The molecule has 0 radical (unpaired) electrons. The van der Waals surface area contributed by atoms with E-state index in [1.165, 1.54) is 0 Å². The Morgan fingerprint density at radius 2 is 2.00 bits per heavy atom. The normalized spacial score (nSPS) is 11.8. The third kappa shape index (κ3) is 5.32. The molecule has 1 aromatic rings. The van der Waals surface area contributed by atoms with Gasteiger partial charge in [-0.15, -0.1) is 0 Å². The zero-order valence-electron chi connectivity index (χ0n) is 11.7. The van der Waals surface area contributed by atoms with Gasteiger partial charge in [0.25, 0.3) is 0 Å². The van der Waals surface area contributed by atoms with E-state index in [0.29, 0.717) is 11.0 Å². The van der Waals surface area contributed by atoms with E-state index in [9.17, 15) is 4.79 Å². The van der Waals surface area contributed by atoms with Crippen LogP contribution in [0.5, 0.6) is 0 Å². The van der Waals surface area contributed by atoms with Crippen LogP contribution in [-0.2, 0) is 6.54 Å². The highest BCUT2D eigenvalue weighted by molar-refractivity contribution is 5.87. The van der Waals surface area contributed by atoms with E-state index >= 15 is 0 Å². The van der Waals surface area contributed by atoms with E-state index in [1.54, 1.807) is 18.2 Å². The molecule has 0 amide bonds. The maximum Gasteiger partial charge on any atom is 0.335 e. The summed E-state index contributed by atoms with van der Waals surface area (Å²) in [7, 11) is 2.07. The molecule has 0 aliphatic carbocycles. The lowest BCUT2D eigenvalue weighted by atomic mass is 9.92. The topological polar surface area (TPSA) is 40.5 Å². The lowest BCUT2D eigenvalue weighted by molar-refractivity contribution is 0.0696. The molecular formula is C15H23NO2. The Hall–Kier alpha value is -1.35. The number of carbonyl (C=O) groups is 1. The molecule has 0 aromatic heterocycles. The molecule has 1 rings (SSSR count). The average molecular weight is 249 g/mol. The predicted molar refractivity (Wildman–Crippen MR) is 73.8 cm³/mol. The average Bonchev–Trinajstić information content (AvgIpc) is 2.26. The van der Waals surface area contributed by atoms with Crippen LogP contribution in [-0.4, -0.2) is 29.6 Å². The molecule has 0 saturated heterocycles. The molecule has 3 nitrogen and oxygen atoms in total. The smallest absolute Gasteiger partial charge is 0.335 e. The Morgan fingerprint density at radius 1 is 1.33 bits per heavy atom. The molecule has 1 N–H and O–H groups in total. The van der Waals surface area contributed by atoms with Crippen molar-refractivity contribution < 1.29 is 9.90 Å². The largest absolute Gasteiger partial charge is 0.478 e. The van der Waals surface area contributed by atoms with Gasteiger partial charge in [0, 0.05) is 6.54 Å². The summed E-state index contributed by atoms with van der Waals surface area (Å²) in [5.74, 6) is -0.866. The number of benzene rings is 1. The lowest BCUT2D eigenvalue weighted by Gasteiger charge is -2.23. The monoisotopic (exact) mass is 249 g/mol. The SMILES string of the molecule is CN(CCC(C)(C)C)Cc1cccc(C(=O)O)c1. The first-order valence-corrected chi connectivity index (χ1v) is 6.29. The zero-order valence-corrected chi connectivity index (χ0v) is 11.7. The van der Waals surface area contributed by atoms with Crippen LogP contribution in [0.25, 0.3) is 0 Å². The molecule has 0 bridgehead atoms. The summed E-state index contributed by atoms with van der Waals surface area (Å²) in [6.07, 6.45) is 1.13. The Morgan fingerprint density at radius 3 is 2.56 bits per heavy atom. The number of hydrogen-bond acceptors (Lipinski definition) is 2. The van der Waals surface area contributed by atoms with Crippen LogP contribution in [0.15, 0.2) is 24.3 Å². The van der Waals surface area contributed by atoms with Gasteiger partial charge in [-0.25, -0.2) is 4.79 Å². The number of carboxylic acids is 1. The lowest BCUT2D eigenvalue weighted by Crippen LogP contribution is -2.23. The maximum atomic E-state index is 10.9. The van der Waals surface area contributed by atoms with Crippen molar-refractivity contribution in [3.05, 3.63) is 35.4 Å². The second-order valence-electron chi connectivity index (χ2n) is 6.05. The minimum absolute atomic E-state index is 0.331. The Balaban J connectivity index is 2.56. The highest BCUT2D eigenvalue weighted by atomic mass is 16.4. The van der Waals surface area contributed by atoms with Gasteiger partial charge in [-0.3, -0.25) is 0 Å². The summed E-state index contributed by atoms with van der Waals surface area (Å²) in [4.78, 5) is 13.1. The van der Waals surface area contributed by atoms with E-state index < -0.39 is 5.97 Å². The van der Waals surface area contributed by atoms with E-state index in [4.69, 9.17) is 5.11 Å². The van der Waals surface area contributed by atoms with Crippen LogP contribution in [0, 0.1) is 5.41 Å². The van der Waals surface area contributed by atoms with Crippen molar-refractivity contribution in [2.75, 3.05) is 13.6 Å². The molecule has 0 heterocycles. The van der Waals surface area contributed by atoms with Gasteiger partial charge in [0.15, 0.2) is 0 Å². The van der Waals surface area contributed by atoms with Gasteiger partial charge in [0.2, 0.25) is 0 Å². The van der Waals surface area contributed by atoms with Crippen molar-refractivity contribution >= 4 is 5.97 Å². The minimum atomic E-state index is -0.866. The quantitative estimate of drug-likeness (QED) is 0.870. The second kappa shape index (κ2) is 6.01. The highest BCUT2D eigenvalue weighted by Gasteiger charge is 2.12. The van der Waals surface area contributed by atoms with Crippen molar-refractivity contribution in [2.45, 2.75) is 33.7 Å². The number of aromatic carboxylic acids is 1. The molecule has 0 saturated carbocycles. The van der Waals surface area contributed by atoms with Gasteiger partial charge in [-0.05, 0) is 43.1 Å². The van der Waals surface area contributed by atoms with Crippen molar-refractivity contribution in [2.24, 2.45) is 5.41 Å². The van der Waals surface area contributed by atoms with Crippen LogP contribution >= 0.6 is 0 Å². The van der Waals surface area contributed by atoms with Crippen molar-refractivity contribution in [3.63, 3.8) is 0 Å². The van der Waals surface area contributed by atoms with E-state index in [-0.39, 0.29) is 0 Å². The summed E-state index contributed by atoms with van der Waals surface area (Å²) in [6, 6.07) is 7.15. The van der Waals surface area contributed by atoms with Crippen LogP contribution < -0.4 is 0 Å². The summed E-state index contributed by atoms with van der Waals surface area (Å²) in [5.41, 5.74) is 1.74. The van der Waals surface area contributed by atoms with E-state index in [2.05, 4.69) is 32.7 Å². The third-order valence-corrected chi connectivity index (χ3v) is 2.87. The summed E-state index contributed by atoms with van der Waals surface area (Å²) in [6.45, 7) is 8.49. The fourth-order valence-corrected chi connectivity index (χ4v) is 1.72. The predicted octanol–water partition coefficient (Wildman–Crippen LogP) is 3.25. The van der Waals surface area contributed by atoms with Crippen LogP contribution in [0.3, 0.4) is 0 Å². The molecule has 18 heavy (non-hydrogen) atoms. The van der Waals surface area contributed by atoms with Crippen LogP contribution in [0.4, 0.5) is 0 Å².